The lowest BCUT2D eigenvalue weighted by Gasteiger charge is -2.22. The van der Waals surface area contributed by atoms with Crippen LogP contribution in [0.25, 0.3) is 16.9 Å². The third-order valence-corrected chi connectivity index (χ3v) is 6.82. The van der Waals surface area contributed by atoms with Gasteiger partial charge in [0.15, 0.2) is 5.82 Å². The number of nitrogens with one attached hydrogen (secondary N) is 2. The first-order chi connectivity index (χ1) is 21.1. The van der Waals surface area contributed by atoms with Crippen LogP contribution < -0.4 is 10.6 Å². The van der Waals surface area contributed by atoms with Crippen molar-refractivity contribution in [2.75, 3.05) is 5.32 Å². The molecule has 3 heterocycles. The third kappa shape index (κ3) is 6.63. The second kappa shape index (κ2) is 11.7. The van der Waals surface area contributed by atoms with Crippen LogP contribution in [0.1, 0.15) is 64.0 Å². The van der Waals surface area contributed by atoms with E-state index in [4.69, 9.17) is 11.6 Å². The summed E-state index contributed by atoms with van der Waals surface area (Å²) in [5, 5.41) is 27.7. The molecule has 11 nitrogen and oxygen atoms in total. The highest BCUT2D eigenvalue weighted by Gasteiger charge is 2.31. The summed E-state index contributed by atoms with van der Waals surface area (Å²) in [5.74, 6) is -1.03. The highest BCUT2D eigenvalue weighted by Crippen LogP contribution is 2.31. The minimum Gasteiger partial charge on any atom is -0.347 e. The van der Waals surface area contributed by atoms with Crippen LogP contribution in [-0.4, -0.2) is 47.1 Å². The number of rotatable bonds is 6. The Kier molecular flexibility index (Phi) is 8.07. The molecule has 3 aromatic heterocycles. The van der Waals surface area contributed by atoms with Crippen molar-refractivity contribution in [3.8, 4) is 11.9 Å². The minimum atomic E-state index is -4.54. The molecule has 2 amide bonds. The Morgan fingerprint density at radius 2 is 1.82 bits per heavy atom. The Morgan fingerprint density at radius 3 is 2.49 bits per heavy atom. The number of aromatic nitrogens is 6. The summed E-state index contributed by atoms with van der Waals surface area (Å²) in [4.78, 5) is 31.4. The van der Waals surface area contributed by atoms with Crippen LogP contribution in [0.3, 0.4) is 0 Å². The van der Waals surface area contributed by atoms with E-state index in [2.05, 4.69) is 31.0 Å². The number of amides is 2. The predicted molar refractivity (Wildman–Crippen MR) is 159 cm³/mol. The third-order valence-electron chi connectivity index (χ3n) is 6.52. The Labute approximate surface area is 259 Å². The average Bonchev–Trinajstić information content (AvgIpc) is 3.57. The summed E-state index contributed by atoms with van der Waals surface area (Å²) in [5.41, 5.74) is 0.150. The number of alkyl halides is 3. The van der Waals surface area contributed by atoms with E-state index in [1.54, 1.807) is 45.9 Å². The lowest BCUT2D eigenvalue weighted by atomic mass is 10.0. The van der Waals surface area contributed by atoms with Crippen LogP contribution in [0.5, 0.6) is 0 Å². The number of nitriles is 1. The summed E-state index contributed by atoms with van der Waals surface area (Å²) in [6.45, 7) is 6.99. The minimum absolute atomic E-state index is 0.0136. The molecule has 0 atom stereocenters. The van der Waals surface area contributed by atoms with E-state index in [0.29, 0.717) is 11.1 Å². The predicted octanol–water partition coefficient (Wildman–Crippen LogP) is 5.69. The number of aryl methyl sites for hydroxylation is 1. The highest BCUT2D eigenvalue weighted by atomic mass is 35.5. The fraction of sp³-hybridized carbons (Fsp3) is 0.233. The van der Waals surface area contributed by atoms with Gasteiger partial charge in [0.25, 0.3) is 11.8 Å². The number of pyridine rings is 1. The lowest BCUT2D eigenvalue weighted by molar-refractivity contribution is -0.137. The highest BCUT2D eigenvalue weighted by molar-refractivity contribution is 6.32. The van der Waals surface area contributed by atoms with Crippen LogP contribution in [0.15, 0.2) is 54.7 Å². The second-order valence-corrected chi connectivity index (χ2v) is 11.6. The van der Waals surface area contributed by atoms with E-state index >= 15 is 0 Å². The standard InChI is InChI=1S/C30H25ClF3N9O2/c1-16-10-17(14-35)11-20(27(44)38-29(2,3)4)25(16)37-28(45)24-13-19(40-43(24)26-21(31)6-5-9-36-26)15-42-23-8-7-18(30(32,33)34)12-22(23)39-41-42/h5-13H,15H2,1-4H3,(H,37,45)(H,38,44). The maximum absolute atomic E-state index is 13.9. The van der Waals surface area contributed by atoms with Gasteiger partial charge in [-0.05, 0) is 81.8 Å². The molecule has 0 saturated heterocycles. The van der Waals surface area contributed by atoms with Crippen molar-refractivity contribution in [3.05, 3.63) is 93.4 Å². The number of nitrogens with zero attached hydrogens (tertiary/aromatic N) is 7. The maximum Gasteiger partial charge on any atom is 0.416 e. The number of fused-ring (bicyclic) bond motifs is 1. The van der Waals surface area contributed by atoms with Gasteiger partial charge in [0.05, 0.1) is 51.2 Å². The van der Waals surface area contributed by atoms with Crippen LogP contribution in [0, 0.1) is 18.3 Å². The SMILES string of the molecule is Cc1cc(C#N)cc(C(=O)NC(C)(C)C)c1NC(=O)c1cc(Cn2nnc3cc(C(F)(F)F)ccc32)nn1-c1ncccc1Cl. The van der Waals surface area contributed by atoms with E-state index < -0.39 is 29.1 Å². The zero-order valence-corrected chi connectivity index (χ0v) is 25.1. The number of anilines is 1. The summed E-state index contributed by atoms with van der Waals surface area (Å²) in [6, 6.07) is 12.7. The van der Waals surface area contributed by atoms with Crippen LogP contribution in [0.2, 0.25) is 5.02 Å². The molecule has 0 radical (unpaired) electrons. The van der Waals surface area contributed by atoms with Crippen molar-refractivity contribution >= 4 is 40.1 Å². The van der Waals surface area contributed by atoms with Crippen molar-refractivity contribution in [1.82, 2.24) is 35.1 Å². The zero-order valence-electron chi connectivity index (χ0n) is 24.4. The van der Waals surface area contributed by atoms with Crippen LogP contribution >= 0.6 is 11.6 Å². The van der Waals surface area contributed by atoms with Gasteiger partial charge in [-0.15, -0.1) is 5.10 Å². The first-order valence-electron chi connectivity index (χ1n) is 13.4. The first kappa shape index (κ1) is 31.1. The van der Waals surface area contributed by atoms with Gasteiger partial charge in [0, 0.05) is 11.7 Å². The molecule has 0 unspecified atom stereocenters. The molecule has 0 fully saturated rings. The van der Waals surface area contributed by atoms with Crippen molar-refractivity contribution < 1.29 is 22.8 Å². The summed E-state index contributed by atoms with van der Waals surface area (Å²) < 4.78 is 42.1. The van der Waals surface area contributed by atoms with Gasteiger partial charge in [-0.3, -0.25) is 9.59 Å². The fourth-order valence-corrected chi connectivity index (χ4v) is 4.77. The zero-order chi connectivity index (χ0) is 32.7. The number of carbonyl (C=O) groups excluding carboxylic acids is 2. The molecule has 0 bridgehead atoms. The van der Waals surface area contributed by atoms with Gasteiger partial charge in [-0.25, -0.2) is 14.3 Å². The van der Waals surface area contributed by atoms with Gasteiger partial charge in [0.2, 0.25) is 0 Å². The Hall–Kier alpha value is -5.29. The molecule has 5 rings (SSSR count). The number of halogens is 4. The first-order valence-corrected chi connectivity index (χ1v) is 13.8. The van der Waals surface area contributed by atoms with Gasteiger partial charge >= 0.3 is 6.18 Å². The normalized spacial score (nSPS) is 11.8. The van der Waals surface area contributed by atoms with Crippen LogP contribution in [-0.2, 0) is 12.7 Å². The molecule has 0 spiro atoms. The van der Waals surface area contributed by atoms with Crippen LogP contribution in [0.4, 0.5) is 18.9 Å². The van der Waals surface area contributed by atoms with E-state index in [0.717, 1.165) is 12.1 Å². The molecule has 0 aliphatic heterocycles. The van der Waals surface area contributed by atoms with E-state index in [9.17, 15) is 28.0 Å². The van der Waals surface area contributed by atoms with E-state index in [1.165, 1.54) is 33.8 Å². The van der Waals surface area contributed by atoms with Gasteiger partial charge < -0.3 is 10.6 Å². The largest absolute Gasteiger partial charge is 0.416 e. The van der Waals surface area contributed by atoms with Gasteiger partial charge in [-0.1, -0.05) is 16.8 Å². The summed E-state index contributed by atoms with van der Waals surface area (Å²) in [7, 11) is 0. The Bertz CT molecular complexity index is 2000. The molecule has 230 valence electrons. The Balaban J connectivity index is 1.55. The number of benzene rings is 2. The van der Waals surface area contributed by atoms with E-state index in [-0.39, 0.29) is 51.1 Å². The maximum atomic E-state index is 13.9. The number of hydrogen-bond acceptors (Lipinski definition) is 7. The molecular weight excluding hydrogens is 611 g/mol. The summed E-state index contributed by atoms with van der Waals surface area (Å²) in [6.07, 6.45) is -3.07. The molecular formula is C30H25ClF3N9O2. The topological polar surface area (TPSA) is 143 Å². The molecule has 15 heteroatoms. The fourth-order valence-electron chi connectivity index (χ4n) is 4.56. The quantitative estimate of drug-likeness (QED) is 0.244. The van der Waals surface area contributed by atoms with E-state index in [1.807, 2.05) is 6.07 Å². The number of hydrogen-bond donors (Lipinski definition) is 2. The molecule has 0 aliphatic rings. The lowest BCUT2D eigenvalue weighted by Crippen LogP contribution is -2.41. The molecule has 0 aliphatic carbocycles. The molecule has 2 aromatic carbocycles. The molecule has 2 N–H and O–H groups in total. The average molecular weight is 636 g/mol. The molecule has 45 heavy (non-hydrogen) atoms. The smallest absolute Gasteiger partial charge is 0.347 e. The molecule has 0 saturated carbocycles. The van der Waals surface area contributed by atoms with Gasteiger partial charge in [0.1, 0.15) is 11.2 Å². The number of carbonyl (C=O) groups is 2. The van der Waals surface area contributed by atoms with Crippen molar-refractivity contribution in [2.24, 2.45) is 0 Å². The van der Waals surface area contributed by atoms with Crippen molar-refractivity contribution in [1.29, 1.82) is 5.26 Å². The van der Waals surface area contributed by atoms with Crippen molar-refractivity contribution in [2.45, 2.75) is 46.0 Å². The molecule has 5 aromatic rings. The Morgan fingerprint density at radius 1 is 1.07 bits per heavy atom. The summed E-state index contributed by atoms with van der Waals surface area (Å²) >= 11 is 6.41. The monoisotopic (exact) mass is 635 g/mol. The van der Waals surface area contributed by atoms with Gasteiger partial charge in [-0.2, -0.15) is 23.5 Å². The van der Waals surface area contributed by atoms with Crippen molar-refractivity contribution in [3.63, 3.8) is 0 Å². The second-order valence-electron chi connectivity index (χ2n) is 11.2.